The van der Waals surface area contributed by atoms with Gasteiger partial charge in [-0.15, -0.1) is 11.3 Å². The Balaban J connectivity index is 1.76. The first-order valence-electron chi connectivity index (χ1n) is 7.90. The van der Waals surface area contributed by atoms with Gasteiger partial charge in [0.25, 0.3) is 5.91 Å². The van der Waals surface area contributed by atoms with Crippen molar-refractivity contribution < 1.29 is 9.53 Å². The molecule has 122 valence electrons. The molecular weight excluding hydrogens is 320 g/mol. The highest BCUT2D eigenvalue weighted by atomic mass is 32.1. The lowest BCUT2D eigenvalue weighted by atomic mass is 10.1. The molecule has 2 aromatic rings. The molecule has 0 saturated heterocycles. The molecule has 1 amide bonds. The summed E-state index contributed by atoms with van der Waals surface area (Å²) in [4.78, 5) is 15.7. The Labute approximate surface area is 145 Å². The van der Waals surface area contributed by atoms with Gasteiger partial charge in [0.1, 0.15) is 17.4 Å². The van der Waals surface area contributed by atoms with E-state index in [-0.39, 0.29) is 11.5 Å². The molecular formula is C19H18N2O2S. The van der Waals surface area contributed by atoms with E-state index in [2.05, 4.69) is 11.4 Å². The van der Waals surface area contributed by atoms with Crippen LogP contribution in [0.3, 0.4) is 0 Å². The number of amides is 1. The quantitative estimate of drug-likeness (QED) is 0.632. The van der Waals surface area contributed by atoms with Crippen LogP contribution in [0.15, 0.2) is 41.3 Å². The van der Waals surface area contributed by atoms with Gasteiger partial charge in [0.2, 0.25) is 0 Å². The second kappa shape index (κ2) is 7.33. The van der Waals surface area contributed by atoms with E-state index in [1.807, 2.05) is 37.3 Å². The zero-order chi connectivity index (χ0) is 16.9. The molecule has 0 fully saturated rings. The van der Waals surface area contributed by atoms with Crippen LogP contribution in [0, 0.1) is 11.3 Å². The van der Waals surface area contributed by atoms with Crippen LogP contribution in [-0.4, -0.2) is 24.0 Å². The van der Waals surface area contributed by atoms with E-state index < -0.39 is 0 Å². The molecule has 0 bridgehead atoms. The van der Waals surface area contributed by atoms with Crippen LogP contribution >= 0.6 is 11.3 Å². The van der Waals surface area contributed by atoms with Crippen LogP contribution in [-0.2, 0) is 17.8 Å². The molecule has 0 saturated carbocycles. The van der Waals surface area contributed by atoms with Crippen LogP contribution in [0.25, 0.3) is 6.08 Å². The van der Waals surface area contributed by atoms with Gasteiger partial charge in [-0.1, -0.05) is 12.1 Å². The zero-order valence-electron chi connectivity index (χ0n) is 13.5. The van der Waals surface area contributed by atoms with Crippen molar-refractivity contribution in [3.63, 3.8) is 0 Å². The predicted octanol–water partition coefficient (Wildman–Crippen LogP) is 3.64. The van der Waals surface area contributed by atoms with Crippen molar-refractivity contribution in [2.45, 2.75) is 19.9 Å². The van der Waals surface area contributed by atoms with E-state index >= 15 is 0 Å². The Hall–Kier alpha value is -2.58. The van der Waals surface area contributed by atoms with Gasteiger partial charge in [0.15, 0.2) is 0 Å². The topological polar surface area (TPSA) is 53.3 Å². The highest BCUT2D eigenvalue weighted by Gasteiger charge is 2.23. The van der Waals surface area contributed by atoms with Crippen LogP contribution < -0.4 is 4.74 Å². The fourth-order valence-corrected chi connectivity index (χ4v) is 3.62. The molecule has 1 aromatic heterocycles. The maximum Gasteiger partial charge on any atom is 0.264 e. The molecule has 1 aliphatic rings. The van der Waals surface area contributed by atoms with Gasteiger partial charge < -0.3 is 9.64 Å². The van der Waals surface area contributed by atoms with Crippen molar-refractivity contribution in [2.24, 2.45) is 0 Å². The third-order valence-corrected chi connectivity index (χ3v) is 4.97. The third-order valence-electron chi connectivity index (χ3n) is 3.95. The fraction of sp³-hybridized carbons (Fsp3) is 0.263. The highest BCUT2D eigenvalue weighted by molar-refractivity contribution is 7.10. The predicted molar refractivity (Wildman–Crippen MR) is 94.6 cm³/mol. The number of rotatable bonds is 4. The van der Waals surface area contributed by atoms with E-state index in [1.165, 1.54) is 10.4 Å². The maximum absolute atomic E-state index is 12.6. The Morgan fingerprint density at radius 1 is 1.38 bits per heavy atom. The minimum atomic E-state index is -0.205. The summed E-state index contributed by atoms with van der Waals surface area (Å²) in [6.07, 6.45) is 2.50. The molecule has 2 heterocycles. The molecule has 0 spiro atoms. The van der Waals surface area contributed by atoms with Crippen molar-refractivity contribution in [1.29, 1.82) is 5.26 Å². The Kier molecular flexibility index (Phi) is 4.97. The van der Waals surface area contributed by atoms with Crippen molar-refractivity contribution in [1.82, 2.24) is 4.90 Å². The van der Waals surface area contributed by atoms with Crippen LogP contribution in [0.1, 0.15) is 22.9 Å². The first-order chi connectivity index (χ1) is 11.7. The van der Waals surface area contributed by atoms with Gasteiger partial charge in [-0.2, -0.15) is 5.26 Å². The minimum absolute atomic E-state index is 0.165. The molecule has 3 rings (SSSR count). The van der Waals surface area contributed by atoms with E-state index in [0.717, 1.165) is 17.7 Å². The van der Waals surface area contributed by atoms with Gasteiger partial charge in [-0.3, -0.25) is 4.79 Å². The number of carbonyl (C=O) groups is 1. The standard InChI is InChI=1S/C19H18N2O2S/c1-2-23-17-5-3-14(4-6-17)11-16(12-20)19(22)21-9-7-18-15(13-21)8-10-24-18/h3-6,8,10-11H,2,7,9,13H2,1H3/b16-11+. The summed E-state index contributed by atoms with van der Waals surface area (Å²) in [5.74, 6) is 0.573. The third kappa shape index (κ3) is 3.50. The summed E-state index contributed by atoms with van der Waals surface area (Å²) >= 11 is 1.73. The molecule has 4 nitrogen and oxygen atoms in total. The Morgan fingerprint density at radius 2 is 2.17 bits per heavy atom. The number of thiophene rings is 1. The van der Waals surface area contributed by atoms with Crippen molar-refractivity contribution >= 4 is 23.3 Å². The number of nitrogens with zero attached hydrogens (tertiary/aromatic N) is 2. The second-order valence-corrected chi connectivity index (χ2v) is 6.52. The van der Waals surface area contributed by atoms with E-state index in [9.17, 15) is 10.1 Å². The molecule has 5 heteroatoms. The first kappa shape index (κ1) is 16.3. The van der Waals surface area contributed by atoms with Crippen molar-refractivity contribution in [2.75, 3.05) is 13.2 Å². The van der Waals surface area contributed by atoms with E-state index in [4.69, 9.17) is 4.74 Å². The molecule has 24 heavy (non-hydrogen) atoms. The monoisotopic (exact) mass is 338 g/mol. The smallest absolute Gasteiger partial charge is 0.264 e. The summed E-state index contributed by atoms with van der Waals surface area (Å²) in [6, 6.07) is 11.5. The van der Waals surface area contributed by atoms with Gasteiger partial charge >= 0.3 is 0 Å². The summed E-state index contributed by atoms with van der Waals surface area (Å²) in [7, 11) is 0. The molecule has 0 N–H and O–H groups in total. The van der Waals surface area contributed by atoms with Crippen molar-refractivity contribution in [3.8, 4) is 11.8 Å². The largest absolute Gasteiger partial charge is 0.494 e. The average Bonchev–Trinajstić information content (AvgIpc) is 3.08. The Morgan fingerprint density at radius 3 is 2.88 bits per heavy atom. The van der Waals surface area contributed by atoms with Crippen LogP contribution in [0.2, 0.25) is 0 Å². The SMILES string of the molecule is CCOc1ccc(/C=C(\C#N)C(=O)N2CCc3sccc3C2)cc1. The molecule has 0 aliphatic carbocycles. The minimum Gasteiger partial charge on any atom is -0.494 e. The van der Waals surface area contributed by atoms with Crippen LogP contribution in [0.4, 0.5) is 0 Å². The van der Waals surface area contributed by atoms with E-state index in [0.29, 0.717) is 19.7 Å². The average molecular weight is 338 g/mol. The summed E-state index contributed by atoms with van der Waals surface area (Å²) in [5, 5.41) is 11.4. The number of carbonyl (C=O) groups excluding carboxylic acids is 1. The number of hydrogen-bond acceptors (Lipinski definition) is 4. The number of nitriles is 1. The number of benzene rings is 1. The Bertz CT molecular complexity index is 800. The lowest BCUT2D eigenvalue weighted by Gasteiger charge is -2.26. The molecule has 0 atom stereocenters. The summed E-state index contributed by atoms with van der Waals surface area (Å²) in [5.41, 5.74) is 2.17. The van der Waals surface area contributed by atoms with Gasteiger partial charge in [-0.05, 0) is 54.1 Å². The molecule has 0 unspecified atom stereocenters. The van der Waals surface area contributed by atoms with E-state index in [1.54, 1.807) is 22.3 Å². The zero-order valence-corrected chi connectivity index (χ0v) is 14.3. The number of fused-ring (bicyclic) bond motifs is 1. The maximum atomic E-state index is 12.6. The summed E-state index contributed by atoms with van der Waals surface area (Å²) < 4.78 is 5.40. The van der Waals surface area contributed by atoms with Gasteiger partial charge in [0.05, 0.1) is 6.61 Å². The van der Waals surface area contributed by atoms with Crippen molar-refractivity contribution in [3.05, 3.63) is 57.3 Å². The highest BCUT2D eigenvalue weighted by Crippen LogP contribution is 2.25. The second-order valence-electron chi connectivity index (χ2n) is 5.52. The molecule has 1 aromatic carbocycles. The normalized spacial score (nSPS) is 14.0. The van der Waals surface area contributed by atoms with Gasteiger partial charge in [0, 0.05) is 18.0 Å². The number of hydrogen-bond donors (Lipinski definition) is 0. The van der Waals surface area contributed by atoms with Gasteiger partial charge in [-0.25, -0.2) is 0 Å². The molecule has 0 radical (unpaired) electrons. The summed E-state index contributed by atoms with van der Waals surface area (Å²) in [6.45, 7) is 3.78. The number of ether oxygens (including phenoxy) is 1. The fourth-order valence-electron chi connectivity index (χ4n) is 2.73. The lowest BCUT2D eigenvalue weighted by Crippen LogP contribution is -2.36. The first-order valence-corrected chi connectivity index (χ1v) is 8.78. The molecule has 1 aliphatic heterocycles. The lowest BCUT2D eigenvalue weighted by molar-refractivity contribution is -0.127. The van der Waals surface area contributed by atoms with Crippen LogP contribution in [0.5, 0.6) is 5.75 Å².